The Morgan fingerprint density at radius 3 is 2.87 bits per heavy atom. The van der Waals surface area contributed by atoms with E-state index in [0.717, 1.165) is 66.6 Å². The lowest BCUT2D eigenvalue weighted by atomic mass is 10.1. The van der Waals surface area contributed by atoms with E-state index in [-0.39, 0.29) is 12.5 Å². The SMILES string of the molecule is COc1ccc(/C=N/NC(=O)Cn2c(C)nc3ccccc32)cc1CN1CCOCC1. The van der Waals surface area contributed by atoms with Crippen molar-refractivity contribution in [2.24, 2.45) is 5.10 Å². The number of rotatable bonds is 7. The molecule has 8 nitrogen and oxygen atoms in total. The average Bonchev–Trinajstić information content (AvgIpc) is 3.10. The third-order valence-corrected chi connectivity index (χ3v) is 5.35. The molecule has 1 aliphatic rings. The summed E-state index contributed by atoms with van der Waals surface area (Å²) in [7, 11) is 1.67. The van der Waals surface area contributed by atoms with E-state index in [9.17, 15) is 4.79 Å². The number of hydrogen-bond acceptors (Lipinski definition) is 6. The summed E-state index contributed by atoms with van der Waals surface area (Å²) in [6, 6.07) is 13.7. The molecule has 1 N–H and O–H groups in total. The van der Waals surface area contributed by atoms with Crippen LogP contribution in [0, 0.1) is 6.92 Å². The smallest absolute Gasteiger partial charge is 0.260 e. The summed E-state index contributed by atoms with van der Waals surface area (Å²) in [5, 5.41) is 4.14. The zero-order valence-corrected chi connectivity index (χ0v) is 17.9. The first-order valence-electron chi connectivity index (χ1n) is 10.3. The first kappa shape index (κ1) is 21.0. The number of imidazole rings is 1. The first-order valence-corrected chi connectivity index (χ1v) is 10.3. The van der Waals surface area contributed by atoms with Crippen molar-refractivity contribution in [1.82, 2.24) is 19.9 Å². The lowest BCUT2D eigenvalue weighted by molar-refractivity contribution is -0.121. The number of fused-ring (bicyclic) bond motifs is 1. The molecule has 8 heteroatoms. The van der Waals surface area contributed by atoms with Crippen molar-refractivity contribution in [1.29, 1.82) is 0 Å². The van der Waals surface area contributed by atoms with Crippen molar-refractivity contribution in [3.8, 4) is 5.75 Å². The minimum Gasteiger partial charge on any atom is -0.496 e. The van der Waals surface area contributed by atoms with Crippen molar-refractivity contribution < 1.29 is 14.3 Å². The molecule has 1 aromatic heterocycles. The van der Waals surface area contributed by atoms with Crippen molar-refractivity contribution in [2.45, 2.75) is 20.0 Å². The van der Waals surface area contributed by atoms with Crippen LogP contribution in [0.1, 0.15) is 17.0 Å². The van der Waals surface area contributed by atoms with Gasteiger partial charge in [-0.3, -0.25) is 9.69 Å². The largest absolute Gasteiger partial charge is 0.496 e. The monoisotopic (exact) mass is 421 g/mol. The van der Waals surface area contributed by atoms with Crippen LogP contribution in [0.5, 0.6) is 5.75 Å². The molecule has 2 aromatic carbocycles. The number of amides is 1. The lowest BCUT2D eigenvalue weighted by Gasteiger charge is -2.27. The predicted molar refractivity (Wildman–Crippen MR) is 119 cm³/mol. The minimum absolute atomic E-state index is 0.161. The van der Waals surface area contributed by atoms with Gasteiger partial charge in [0.25, 0.3) is 5.91 Å². The van der Waals surface area contributed by atoms with Gasteiger partial charge in [-0.05, 0) is 42.8 Å². The average molecular weight is 422 g/mol. The number of para-hydroxylation sites is 2. The van der Waals surface area contributed by atoms with Gasteiger partial charge in [-0.15, -0.1) is 0 Å². The molecule has 2 heterocycles. The predicted octanol–water partition coefficient (Wildman–Crippen LogP) is 2.34. The maximum atomic E-state index is 12.4. The molecule has 0 radical (unpaired) electrons. The number of methoxy groups -OCH3 is 1. The summed E-state index contributed by atoms with van der Waals surface area (Å²) in [6.45, 7) is 6.15. The van der Waals surface area contributed by atoms with E-state index in [1.54, 1.807) is 13.3 Å². The second-order valence-electron chi connectivity index (χ2n) is 7.49. The number of ether oxygens (including phenoxy) is 2. The maximum absolute atomic E-state index is 12.4. The minimum atomic E-state index is -0.204. The van der Waals surface area contributed by atoms with Gasteiger partial charge in [0.1, 0.15) is 18.1 Å². The fourth-order valence-corrected chi connectivity index (χ4v) is 3.76. The molecule has 0 atom stereocenters. The first-order chi connectivity index (χ1) is 15.1. The quantitative estimate of drug-likeness (QED) is 0.468. The maximum Gasteiger partial charge on any atom is 0.260 e. The summed E-state index contributed by atoms with van der Waals surface area (Å²) in [5.41, 5.74) is 6.40. The van der Waals surface area contributed by atoms with E-state index in [0.29, 0.717) is 0 Å². The van der Waals surface area contributed by atoms with Crippen LogP contribution in [0.25, 0.3) is 11.0 Å². The van der Waals surface area contributed by atoms with Gasteiger partial charge in [0, 0.05) is 25.2 Å². The third kappa shape index (κ3) is 5.10. The van der Waals surface area contributed by atoms with Crippen molar-refractivity contribution >= 4 is 23.2 Å². The van der Waals surface area contributed by atoms with Crippen LogP contribution in [-0.2, 0) is 22.6 Å². The Kier molecular flexibility index (Phi) is 6.59. The number of aromatic nitrogens is 2. The van der Waals surface area contributed by atoms with Gasteiger partial charge in [0.2, 0.25) is 0 Å². The Hall–Kier alpha value is -3.23. The number of aryl methyl sites for hydroxylation is 1. The molecule has 0 aliphatic carbocycles. The van der Waals surface area contributed by atoms with E-state index in [4.69, 9.17) is 9.47 Å². The van der Waals surface area contributed by atoms with Crippen LogP contribution in [0.3, 0.4) is 0 Å². The number of nitrogens with one attached hydrogen (secondary N) is 1. The summed E-state index contributed by atoms with van der Waals surface area (Å²) in [5.74, 6) is 1.43. The number of carbonyl (C=O) groups excluding carboxylic acids is 1. The van der Waals surface area contributed by atoms with Crippen LogP contribution >= 0.6 is 0 Å². The van der Waals surface area contributed by atoms with Gasteiger partial charge >= 0.3 is 0 Å². The van der Waals surface area contributed by atoms with Crippen molar-refractivity contribution in [3.63, 3.8) is 0 Å². The number of carbonyl (C=O) groups is 1. The normalized spacial score (nSPS) is 14.9. The highest BCUT2D eigenvalue weighted by atomic mass is 16.5. The molecule has 0 saturated carbocycles. The van der Waals surface area contributed by atoms with Crippen LogP contribution in [0.2, 0.25) is 0 Å². The Bertz CT molecular complexity index is 1090. The molecule has 31 heavy (non-hydrogen) atoms. The van der Waals surface area contributed by atoms with E-state index >= 15 is 0 Å². The van der Waals surface area contributed by atoms with Crippen molar-refractivity contribution in [3.05, 3.63) is 59.4 Å². The fourth-order valence-electron chi connectivity index (χ4n) is 3.76. The molecule has 1 saturated heterocycles. The summed E-state index contributed by atoms with van der Waals surface area (Å²) >= 11 is 0. The van der Waals surface area contributed by atoms with E-state index in [1.165, 1.54) is 0 Å². The van der Waals surface area contributed by atoms with Crippen LogP contribution < -0.4 is 10.2 Å². The van der Waals surface area contributed by atoms with Gasteiger partial charge < -0.3 is 14.0 Å². The lowest BCUT2D eigenvalue weighted by Crippen LogP contribution is -2.35. The topological polar surface area (TPSA) is 81.0 Å². The summed E-state index contributed by atoms with van der Waals surface area (Å²) < 4.78 is 12.8. The molecular weight excluding hydrogens is 394 g/mol. The number of morpholine rings is 1. The van der Waals surface area contributed by atoms with Gasteiger partial charge in [0.15, 0.2) is 0 Å². The van der Waals surface area contributed by atoms with Crippen LogP contribution in [-0.4, -0.2) is 60.0 Å². The molecular formula is C23H27N5O3. The summed E-state index contributed by atoms with van der Waals surface area (Å²) in [6.07, 6.45) is 1.65. The molecule has 0 bridgehead atoms. The Morgan fingerprint density at radius 2 is 2.06 bits per heavy atom. The zero-order valence-electron chi connectivity index (χ0n) is 17.9. The van der Waals surface area contributed by atoms with E-state index < -0.39 is 0 Å². The van der Waals surface area contributed by atoms with Crippen LogP contribution in [0.15, 0.2) is 47.6 Å². The van der Waals surface area contributed by atoms with Crippen LogP contribution in [0.4, 0.5) is 0 Å². The van der Waals surface area contributed by atoms with E-state index in [1.807, 2.05) is 54.0 Å². The van der Waals surface area contributed by atoms with E-state index in [2.05, 4.69) is 20.4 Å². The Balaban J connectivity index is 1.40. The van der Waals surface area contributed by atoms with Gasteiger partial charge in [-0.25, -0.2) is 10.4 Å². The number of hydrogen-bond donors (Lipinski definition) is 1. The number of nitrogens with zero attached hydrogens (tertiary/aromatic N) is 4. The highest BCUT2D eigenvalue weighted by Gasteiger charge is 2.14. The molecule has 3 aromatic rings. The fraction of sp³-hybridized carbons (Fsp3) is 0.348. The Labute approximate surface area is 181 Å². The molecule has 1 aliphatic heterocycles. The molecule has 4 rings (SSSR count). The zero-order chi connectivity index (χ0) is 21.6. The number of hydrazone groups is 1. The third-order valence-electron chi connectivity index (χ3n) is 5.35. The highest BCUT2D eigenvalue weighted by Crippen LogP contribution is 2.21. The standard InChI is InChI=1S/C23H27N5O3/c1-17-25-20-5-3-4-6-21(20)28(17)16-23(29)26-24-14-18-7-8-22(30-2)19(13-18)15-27-9-11-31-12-10-27/h3-8,13-14H,9-12,15-16H2,1-2H3,(H,26,29)/b24-14+. The molecule has 162 valence electrons. The molecule has 0 spiro atoms. The second kappa shape index (κ2) is 9.72. The molecule has 1 amide bonds. The molecule has 1 fully saturated rings. The summed E-state index contributed by atoms with van der Waals surface area (Å²) in [4.78, 5) is 19.2. The highest BCUT2D eigenvalue weighted by molar-refractivity contribution is 5.84. The molecule has 0 unspecified atom stereocenters. The van der Waals surface area contributed by atoms with Gasteiger partial charge in [-0.1, -0.05) is 12.1 Å². The van der Waals surface area contributed by atoms with Gasteiger partial charge in [0.05, 0.1) is 37.6 Å². The Morgan fingerprint density at radius 1 is 1.26 bits per heavy atom. The van der Waals surface area contributed by atoms with Crippen molar-refractivity contribution in [2.75, 3.05) is 33.4 Å². The number of benzene rings is 2. The second-order valence-corrected chi connectivity index (χ2v) is 7.49. The van der Waals surface area contributed by atoms with Gasteiger partial charge in [-0.2, -0.15) is 5.10 Å².